The van der Waals surface area contributed by atoms with E-state index in [0.29, 0.717) is 43.6 Å². The number of nitrogens with zero attached hydrogens (tertiary/aromatic N) is 3. The average Bonchev–Trinajstić information content (AvgIpc) is 2.79. The van der Waals surface area contributed by atoms with Gasteiger partial charge in [-0.2, -0.15) is 0 Å². The maximum Gasteiger partial charge on any atom is 0.249 e. The van der Waals surface area contributed by atoms with Crippen molar-refractivity contribution in [3.8, 4) is 5.75 Å². The van der Waals surface area contributed by atoms with E-state index >= 15 is 0 Å². The number of anilines is 2. The Kier molecular flexibility index (Phi) is 6.01. The number of carbonyl (C=O) groups is 2. The summed E-state index contributed by atoms with van der Waals surface area (Å²) in [6.07, 6.45) is -0.0139. The zero-order chi connectivity index (χ0) is 21.8. The van der Waals surface area contributed by atoms with Crippen LogP contribution in [-0.4, -0.2) is 62.0 Å². The molecule has 4 rings (SSSR count). The van der Waals surface area contributed by atoms with Crippen LogP contribution in [0.25, 0.3) is 0 Å². The number of ether oxygens (including phenoxy) is 1. The van der Waals surface area contributed by atoms with E-state index in [0.717, 1.165) is 5.69 Å². The van der Waals surface area contributed by atoms with E-state index in [9.17, 15) is 14.0 Å². The minimum atomic E-state index is -0.816. The fourth-order valence-electron chi connectivity index (χ4n) is 3.68. The van der Waals surface area contributed by atoms with Gasteiger partial charge in [-0.25, -0.2) is 9.38 Å². The number of nitrogens with one attached hydrogen (secondary N) is 2. The molecule has 9 heteroatoms. The van der Waals surface area contributed by atoms with E-state index in [1.165, 1.54) is 19.2 Å². The van der Waals surface area contributed by atoms with E-state index in [1.807, 2.05) is 11.0 Å². The third kappa shape index (κ3) is 4.76. The van der Waals surface area contributed by atoms with Crippen molar-refractivity contribution in [3.63, 3.8) is 0 Å². The number of para-hydroxylation sites is 2. The Labute approximate surface area is 179 Å². The number of rotatable bonds is 4. The molecule has 2 heterocycles. The molecule has 2 amide bonds. The van der Waals surface area contributed by atoms with Crippen LogP contribution >= 0.6 is 0 Å². The highest BCUT2D eigenvalue weighted by atomic mass is 19.1. The molecule has 0 bridgehead atoms. The highest BCUT2D eigenvalue weighted by molar-refractivity contribution is 6.06. The topological polar surface area (TPSA) is 86.3 Å². The number of methoxy groups -OCH3 is 1. The van der Waals surface area contributed by atoms with Crippen LogP contribution in [0.2, 0.25) is 0 Å². The van der Waals surface area contributed by atoms with Crippen molar-refractivity contribution >= 4 is 29.1 Å². The van der Waals surface area contributed by atoms with E-state index in [-0.39, 0.29) is 24.1 Å². The van der Waals surface area contributed by atoms with Gasteiger partial charge in [-0.3, -0.25) is 14.9 Å². The number of hydrogen-bond donors (Lipinski definition) is 2. The van der Waals surface area contributed by atoms with Gasteiger partial charge in [0, 0.05) is 31.9 Å². The van der Waals surface area contributed by atoms with Gasteiger partial charge in [0.15, 0.2) is 0 Å². The van der Waals surface area contributed by atoms with Gasteiger partial charge in [-0.15, -0.1) is 0 Å². The Hall–Kier alpha value is -3.62. The summed E-state index contributed by atoms with van der Waals surface area (Å²) in [7, 11) is 1.53. The number of benzene rings is 2. The smallest absolute Gasteiger partial charge is 0.249 e. The first kappa shape index (κ1) is 20.6. The van der Waals surface area contributed by atoms with Crippen LogP contribution in [0, 0.1) is 5.82 Å². The first-order valence-corrected chi connectivity index (χ1v) is 10.1. The second-order valence-corrected chi connectivity index (χ2v) is 7.36. The molecule has 0 spiro atoms. The molecule has 8 nitrogen and oxygen atoms in total. The summed E-state index contributed by atoms with van der Waals surface area (Å²) in [6.45, 7) is 2.63. The van der Waals surface area contributed by atoms with Crippen LogP contribution in [0.3, 0.4) is 0 Å². The van der Waals surface area contributed by atoms with Crippen LogP contribution in [-0.2, 0) is 9.59 Å². The van der Waals surface area contributed by atoms with Crippen molar-refractivity contribution in [2.45, 2.75) is 12.5 Å². The quantitative estimate of drug-likeness (QED) is 0.781. The van der Waals surface area contributed by atoms with Crippen molar-refractivity contribution in [2.75, 3.05) is 43.5 Å². The molecule has 162 valence electrons. The van der Waals surface area contributed by atoms with E-state index in [4.69, 9.17) is 4.74 Å². The molecule has 0 saturated carbocycles. The Bertz CT molecular complexity index is 987. The van der Waals surface area contributed by atoms with Gasteiger partial charge in [0.25, 0.3) is 0 Å². The molecule has 2 aliphatic heterocycles. The Morgan fingerprint density at radius 3 is 2.48 bits per heavy atom. The summed E-state index contributed by atoms with van der Waals surface area (Å²) < 4.78 is 18.4. The number of hydrogen-bond acceptors (Lipinski definition) is 6. The largest absolute Gasteiger partial charge is 0.495 e. The van der Waals surface area contributed by atoms with Crippen LogP contribution in [0.4, 0.5) is 15.8 Å². The van der Waals surface area contributed by atoms with Crippen LogP contribution < -0.4 is 20.3 Å². The van der Waals surface area contributed by atoms with Gasteiger partial charge < -0.3 is 19.9 Å². The highest BCUT2D eigenvalue weighted by Gasteiger charge is 2.31. The minimum Gasteiger partial charge on any atom is -0.495 e. The number of halogens is 1. The van der Waals surface area contributed by atoms with Crippen molar-refractivity contribution in [2.24, 2.45) is 4.99 Å². The van der Waals surface area contributed by atoms with Crippen molar-refractivity contribution in [1.29, 1.82) is 0 Å². The van der Waals surface area contributed by atoms with Gasteiger partial charge in [-0.1, -0.05) is 12.1 Å². The Morgan fingerprint density at radius 1 is 1.10 bits per heavy atom. The van der Waals surface area contributed by atoms with Crippen LogP contribution in [0.15, 0.2) is 53.5 Å². The Balaban J connectivity index is 1.42. The molecule has 31 heavy (non-hydrogen) atoms. The molecule has 2 aromatic rings. The summed E-state index contributed by atoms with van der Waals surface area (Å²) in [6, 6.07) is 12.7. The van der Waals surface area contributed by atoms with Gasteiger partial charge in [0.05, 0.1) is 19.2 Å². The third-order valence-electron chi connectivity index (χ3n) is 5.35. The maximum atomic E-state index is 13.2. The lowest BCUT2D eigenvalue weighted by atomic mass is 10.1. The molecular weight excluding hydrogens is 401 g/mol. The highest BCUT2D eigenvalue weighted by Crippen LogP contribution is 2.24. The normalized spacial score (nSPS) is 18.8. The van der Waals surface area contributed by atoms with Gasteiger partial charge in [0.2, 0.25) is 17.8 Å². The number of aliphatic imine (C=N–C) groups is 1. The van der Waals surface area contributed by atoms with Crippen LogP contribution in [0.1, 0.15) is 6.42 Å². The van der Waals surface area contributed by atoms with E-state index in [1.54, 1.807) is 30.3 Å². The standard InChI is InChI=1S/C22H24FN5O3/c1-31-19-5-3-2-4-17(19)24-21(30)18-14-20(29)26-22(25-18)28-12-10-27(11-13-28)16-8-6-15(23)7-9-16/h2-9,18H,10-14H2,1H3,(H,24,30)(H,25,26,29)/t18-/m0/s1. The summed E-state index contributed by atoms with van der Waals surface area (Å²) in [5.74, 6) is 0.0828. The predicted octanol–water partition coefficient (Wildman–Crippen LogP) is 1.84. The van der Waals surface area contributed by atoms with E-state index < -0.39 is 6.04 Å². The van der Waals surface area contributed by atoms with Crippen molar-refractivity contribution < 1.29 is 18.7 Å². The molecule has 2 aliphatic rings. The third-order valence-corrected chi connectivity index (χ3v) is 5.35. The molecule has 0 aromatic heterocycles. The summed E-state index contributed by atoms with van der Waals surface area (Å²) in [4.78, 5) is 33.6. The molecule has 1 saturated heterocycles. The van der Waals surface area contributed by atoms with Crippen LogP contribution in [0.5, 0.6) is 5.75 Å². The monoisotopic (exact) mass is 425 g/mol. The fraction of sp³-hybridized carbons (Fsp3) is 0.318. The van der Waals surface area contributed by atoms with E-state index in [2.05, 4.69) is 20.5 Å². The Morgan fingerprint density at radius 2 is 1.77 bits per heavy atom. The second-order valence-electron chi connectivity index (χ2n) is 7.36. The average molecular weight is 425 g/mol. The summed E-state index contributed by atoms with van der Waals surface area (Å²) >= 11 is 0. The molecule has 0 unspecified atom stereocenters. The van der Waals surface area contributed by atoms with Gasteiger partial charge in [0.1, 0.15) is 17.6 Å². The molecule has 2 aromatic carbocycles. The number of carbonyl (C=O) groups excluding carboxylic acids is 2. The second kappa shape index (κ2) is 9.03. The molecule has 1 fully saturated rings. The first-order chi connectivity index (χ1) is 15.0. The SMILES string of the molecule is COc1ccccc1NC(=O)[C@@H]1CC(=O)NC(N2CCN(c3ccc(F)cc3)CC2)=N1. The lowest BCUT2D eigenvalue weighted by Crippen LogP contribution is -2.56. The maximum absolute atomic E-state index is 13.2. The minimum absolute atomic E-state index is 0.0139. The van der Waals surface area contributed by atoms with Crippen molar-refractivity contribution in [1.82, 2.24) is 10.2 Å². The summed E-state index contributed by atoms with van der Waals surface area (Å²) in [5, 5.41) is 5.58. The lowest BCUT2D eigenvalue weighted by Gasteiger charge is -2.38. The predicted molar refractivity (Wildman–Crippen MR) is 116 cm³/mol. The first-order valence-electron chi connectivity index (χ1n) is 10.1. The van der Waals surface area contributed by atoms with Crippen molar-refractivity contribution in [3.05, 3.63) is 54.3 Å². The number of piperazine rings is 1. The molecular formula is C22H24FN5O3. The fourth-order valence-corrected chi connectivity index (χ4v) is 3.68. The van der Waals surface area contributed by atoms with Gasteiger partial charge in [-0.05, 0) is 36.4 Å². The number of guanidine groups is 1. The zero-order valence-corrected chi connectivity index (χ0v) is 17.2. The molecule has 0 radical (unpaired) electrons. The molecule has 2 N–H and O–H groups in total. The van der Waals surface area contributed by atoms with Gasteiger partial charge >= 0.3 is 0 Å². The molecule has 0 aliphatic carbocycles. The molecule has 1 atom stereocenters. The zero-order valence-electron chi connectivity index (χ0n) is 17.2. The summed E-state index contributed by atoms with van der Waals surface area (Å²) in [5.41, 5.74) is 1.48. The number of amides is 2. The lowest BCUT2D eigenvalue weighted by molar-refractivity contribution is -0.125.